The Balaban J connectivity index is 1.73. The van der Waals surface area contributed by atoms with Gasteiger partial charge < -0.3 is 9.64 Å². The fraction of sp³-hybridized carbons (Fsp3) is 0.500. The number of rotatable bonds is 3. The maximum atomic E-state index is 13.0. The van der Waals surface area contributed by atoms with Gasteiger partial charge in [0.15, 0.2) is 15.7 Å². The SMILES string of the molecule is C[C@@H]1COCCN1c1cc(C2(C)CCCS2(=O)=O)nc(-c2cc(Cl)nc3c2C=CC3)n1. The average Bonchev–Trinajstić information content (AvgIpc) is 3.31. The smallest absolute Gasteiger partial charge is 0.162 e. The van der Waals surface area contributed by atoms with Gasteiger partial charge in [0.2, 0.25) is 0 Å². The summed E-state index contributed by atoms with van der Waals surface area (Å²) in [5.74, 6) is 1.40. The molecule has 0 amide bonds. The van der Waals surface area contributed by atoms with Gasteiger partial charge in [-0.2, -0.15) is 0 Å². The Hall–Kier alpha value is -2.03. The molecule has 0 N–H and O–H groups in total. The van der Waals surface area contributed by atoms with Crippen molar-refractivity contribution >= 4 is 33.3 Å². The van der Waals surface area contributed by atoms with Crippen LogP contribution in [0.4, 0.5) is 5.82 Å². The number of halogens is 1. The fourth-order valence-electron chi connectivity index (χ4n) is 4.70. The van der Waals surface area contributed by atoms with Crippen LogP contribution < -0.4 is 4.90 Å². The monoisotopic (exact) mass is 460 g/mol. The molecule has 5 rings (SSSR count). The molecule has 0 saturated carbocycles. The van der Waals surface area contributed by atoms with Crippen molar-refractivity contribution in [1.82, 2.24) is 15.0 Å². The second kappa shape index (κ2) is 7.53. The summed E-state index contributed by atoms with van der Waals surface area (Å²) in [5.41, 5.74) is 3.17. The number of nitrogens with zero attached hydrogens (tertiary/aromatic N) is 4. The first-order chi connectivity index (χ1) is 14.8. The van der Waals surface area contributed by atoms with E-state index in [2.05, 4.69) is 16.8 Å². The molecule has 2 aromatic heterocycles. The van der Waals surface area contributed by atoms with E-state index < -0.39 is 14.6 Å². The summed E-state index contributed by atoms with van der Waals surface area (Å²) >= 11 is 6.31. The standard InChI is InChI=1S/C22H25ClN4O3S/c1-14-13-30-9-8-27(14)20-12-18(22(2)7-4-10-31(22,28)29)25-21(26-20)16-11-19(23)24-17-6-3-5-15(16)17/h3,5,11-12,14H,4,6-10,13H2,1-2H3/t14-,22?/m1/s1. The maximum Gasteiger partial charge on any atom is 0.162 e. The molecule has 2 fully saturated rings. The molecule has 3 aliphatic rings. The van der Waals surface area contributed by atoms with Crippen molar-refractivity contribution in [3.8, 4) is 11.4 Å². The summed E-state index contributed by atoms with van der Waals surface area (Å²) in [6, 6.07) is 3.75. The maximum absolute atomic E-state index is 13.0. The van der Waals surface area contributed by atoms with Crippen LogP contribution in [-0.4, -0.2) is 54.9 Å². The first-order valence-electron chi connectivity index (χ1n) is 10.6. The van der Waals surface area contributed by atoms with Gasteiger partial charge in [0, 0.05) is 30.2 Å². The quantitative estimate of drug-likeness (QED) is 0.649. The normalized spacial score (nSPS) is 26.9. The van der Waals surface area contributed by atoms with Gasteiger partial charge in [-0.15, -0.1) is 0 Å². The topological polar surface area (TPSA) is 85.3 Å². The number of sulfone groups is 1. The molecule has 0 spiro atoms. The third-order valence-electron chi connectivity index (χ3n) is 6.61. The summed E-state index contributed by atoms with van der Waals surface area (Å²) in [4.78, 5) is 16.3. The molecule has 7 nitrogen and oxygen atoms in total. The first-order valence-corrected chi connectivity index (χ1v) is 12.6. The minimum absolute atomic E-state index is 0.129. The zero-order valence-corrected chi connectivity index (χ0v) is 19.2. The van der Waals surface area contributed by atoms with Crippen LogP contribution in [0.3, 0.4) is 0 Å². The first kappa shape index (κ1) is 20.8. The molecule has 4 heterocycles. The minimum Gasteiger partial charge on any atom is -0.377 e. The molecule has 31 heavy (non-hydrogen) atoms. The molecule has 0 aromatic carbocycles. The van der Waals surface area contributed by atoms with E-state index in [1.807, 2.05) is 18.2 Å². The number of hydrogen-bond acceptors (Lipinski definition) is 7. The third-order valence-corrected chi connectivity index (χ3v) is 9.42. The Bertz CT molecular complexity index is 1180. The summed E-state index contributed by atoms with van der Waals surface area (Å²) < 4.78 is 30.5. The fourth-order valence-corrected chi connectivity index (χ4v) is 6.76. The van der Waals surface area contributed by atoms with E-state index >= 15 is 0 Å². The summed E-state index contributed by atoms with van der Waals surface area (Å²) in [5, 5.41) is 0.382. The Morgan fingerprint density at radius 3 is 2.84 bits per heavy atom. The number of hydrogen-bond donors (Lipinski definition) is 0. The number of ether oxygens (including phenoxy) is 1. The van der Waals surface area contributed by atoms with E-state index in [0.29, 0.717) is 55.7 Å². The molecule has 9 heteroatoms. The van der Waals surface area contributed by atoms with Crippen molar-refractivity contribution in [2.45, 2.75) is 43.9 Å². The molecule has 1 aliphatic carbocycles. The van der Waals surface area contributed by atoms with Gasteiger partial charge in [-0.3, -0.25) is 0 Å². The molecule has 164 valence electrons. The van der Waals surface area contributed by atoms with E-state index in [0.717, 1.165) is 22.6 Å². The van der Waals surface area contributed by atoms with E-state index in [-0.39, 0.29) is 11.8 Å². The van der Waals surface area contributed by atoms with Gasteiger partial charge in [0.25, 0.3) is 0 Å². The van der Waals surface area contributed by atoms with Gasteiger partial charge in [-0.1, -0.05) is 23.8 Å². The molecule has 2 saturated heterocycles. The average molecular weight is 461 g/mol. The van der Waals surface area contributed by atoms with Crippen molar-refractivity contribution in [1.29, 1.82) is 0 Å². The lowest BCUT2D eigenvalue weighted by molar-refractivity contribution is 0.0985. The molecule has 2 aromatic rings. The third kappa shape index (κ3) is 3.45. The summed E-state index contributed by atoms with van der Waals surface area (Å²) in [6.45, 7) is 5.77. The second-order valence-electron chi connectivity index (χ2n) is 8.67. The number of allylic oxidation sites excluding steroid dienone is 1. The van der Waals surface area contributed by atoms with Crippen molar-refractivity contribution in [3.63, 3.8) is 0 Å². The molecule has 0 radical (unpaired) electrons. The van der Waals surface area contributed by atoms with Crippen LogP contribution in [0, 0.1) is 0 Å². The van der Waals surface area contributed by atoms with Gasteiger partial charge in [-0.25, -0.2) is 23.4 Å². The lowest BCUT2D eigenvalue weighted by atomic mass is 10.00. The number of fused-ring (bicyclic) bond motifs is 1. The lowest BCUT2D eigenvalue weighted by Crippen LogP contribution is -2.44. The molecule has 2 aliphatic heterocycles. The number of pyridine rings is 1. The minimum atomic E-state index is -3.31. The van der Waals surface area contributed by atoms with Gasteiger partial charge in [-0.05, 0) is 32.8 Å². The van der Waals surface area contributed by atoms with Gasteiger partial charge in [0.1, 0.15) is 15.7 Å². The predicted molar refractivity (Wildman–Crippen MR) is 121 cm³/mol. The van der Waals surface area contributed by atoms with E-state index in [1.165, 1.54) is 0 Å². The number of anilines is 1. The highest BCUT2D eigenvalue weighted by molar-refractivity contribution is 7.92. The summed E-state index contributed by atoms with van der Waals surface area (Å²) in [7, 11) is -3.31. The Morgan fingerprint density at radius 2 is 2.10 bits per heavy atom. The van der Waals surface area contributed by atoms with Crippen LogP contribution in [0.1, 0.15) is 43.6 Å². The highest BCUT2D eigenvalue weighted by Gasteiger charge is 2.47. The van der Waals surface area contributed by atoms with Gasteiger partial charge in [0.05, 0.1) is 36.4 Å². The number of aromatic nitrogens is 3. The number of morpholine rings is 1. The molecular weight excluding hydrogens is 436 g/mol. The zero-order valence-electron chi connectivity index (χ0n) is 17.6. The molecule has 2 atom stereocenters. The Labute approximate surface area is 187 Å². The Morgan fingerprint density at radius 1 is 1.26 bits per heavy atom. The largest absolute Gasteiger partial charge is 0.377 e. The van der Waals surface area contributed by atoms with Crippen molar-refractivity contribution in [2.75, 3.05) is 30.4 Å². The van der Waals surface area contributed by atoms with Crippen LogP contribution in [0.2, 0.25) is 5.15 Å². The predicted octanol–water partition coefficient (Wildman–Crippen LogP) is 3.41. The molecule has 1 unspecified atom stereocenters. The van der Waals surface area contributed by atoms with E-state index in [1.54, 1.807) is 13.0 Å². The van der Waals surface area contributed by atoms with E-state index in [4.69, 9.17) is 26.3 Å². The van der Waals surface area contributed by atoms with Crippen molar-refractivity contribution in [2.24, 2.45) is 0 Å². The van der Waals surface area contributed by atoms with Crippen LogP contribution in [0.5, 0.6) is 0 Å². The van der Waals surface area contributed by atoms with Gasteiger partial charge >= 0.3 is 0 Å². The highest BCUT2D eigenvalue weighted by atomic mass is 35.5. The van der Waals surface area contributed by atoms with E-state index in [9.17, 15) is 8.42 Å². The molecule has 0 bridgehead atoms. The second-order valence-corrected chi connectivity index (χ2v) is 11.6. The van der Waals surface area contributed by atoms with Crippen LogP contribution in [-0.2, 0) is 25.7 Å². The summed E-state index contributed by atoms with van der Waals surface area (Å²) in [6.07, 6.45) is 5.95. The lowest BCUT2D eigenvalue weighted by Gasteiger charge is -2.35. The zero-order chi connectivity index (χ0) is 21.8. The van der Waals surface area contributed by atoms with Crippen molar-refractivity contribution in [3.05, 3.63) is 40.3 Å². The van der Waals surface area contributed by atoms with Crippen LogP contribution in [0.25, 0.3) is 17.5 Å². The highest BCUT2D eigenvalue weighted by Crippen LogP contribution is 2.42. The molecular formula is C22H25ClN4O3S. The van der Waals surface area contributed by atoms with Crippen LogP contribution in [0.15, 0.2) is 18.2 Å². The van der Waals surface area contributed by atoms with Crippen LogP contribution >= 0.6 is 11.6 Å². The van der Waals surface area contributed by atoms with Crippen molar-refractivity contribution < 1.29 is 13.2 Å². The Kier molecular flexibility index (Phi) is 5.07.